The summed E-state index contributed by atoms with van der Waals surface area (Å²) in [6.45, 7) is -0.966. The molecule has 1 aromatic carbocycles. The van der Waals surface area contributed by atoms with E-state index in [1.807, 2.05) is 0 Å². The molecule has 16 heteroatoms. The lowest BCUT2D eigenvalue weighted by atomic mass is 10.1. The number of anilines is 1. The third kappa shape index (κ3) is 4.77. The first-order chi connectivity index (χ1) is 16.6. The van der Waals surface area contributed by atoms with Crippen LogP contribution in [0.25, 0.3) is 22.3 Å². The summed E-state index contributed by atoms with van der Waals surface area (Å²) in [5.41, 5.74) is 0.822. The molecule has 0 aliphatic rings. The number of nitrogens with zero attached hydrogens (tertiary/aromatic N) is 5. The number of aromatic nitrogens is 6. The van der Waals surface area contributed by atoms with E-state index in [1.165, 1.54) is 43.6 Å². The molecule has 0 saturated heterocycles. The van der Waals surface area contributed by atoms with E-state index >= 15 is 0 Å². The SMILES string of the molecule is COc1nc(NS(=O)(=O)c2c[nH]c3c(-c4ncn(C)n4)c(Cl)ccc23)nc(OC)c1OCC(F)F. The number of ether oxygens (including phenoxy) is 3. The number of methoxy groups -OCH3 is 2. The molecule has 0 amide bonds. The number of hydrogen-bond acceptors (Lipinski definition) is 9. The van der Waals surface area contributed by atoms with Crippen molar-refractivity contribution >= 4 is 38.5 Å². The van der Waals surface area contributed by atoms with E-state index in [2.05, 4.69) is 29.8 Å². The molecule has 3 aromatic heterocycles. The first-order valence-electron chi connectivity index (χ1n) is 9.74. The molecule has 35 heavy (non-hydrogen) atoms. The lowest BCUT2D eigenvalue weighted by Gasteiger charge is -2.14. The highest BCUT2D eigenvalue weighted by Gasteiger charge is 2.26. The van der Waals surface area contributed by atoms with E-state index in [-0.39, 0.29) is 22.4 Å². The molecular weight excluding hydrogens is 512 g/mol. The fourth-order valence-electron chi connectivity index (χ4n) is 3.22. The van der Waals surface area contributed by atoms with Crippen LogP contribution in [-0.2, 0) is 17.1 Å². The number of sulfonamides is 1. The van der Waals surface area contributed by atoms with Crippen LogP contribution in [0.3, 0.4) is 0 Å². The summed E-state index contributed by atoms with van der Waals surface area (Å²) in [4.78, 5) is 14.8. The molecule has 4 rings (SSSR count). The second kappa shape index (κ2) is 9.50. The normalized spacial score (nSPS) is 11.7. The van der Waals surface area contributed by atoms with Crippen LogP contribution < -0.4 is 18.9 Å². The molecule has 0 saturated carbocycles. The van der Waals surface area contributed by atoms with Crippen LogP contribution >= 0.6 is 11.6 Å². The van der Waals surface area contributed by atoms with Crippen molar-refractivity contribution in [3.8, 4) is 28.9 Å². The number of halogens is 3. The van der Waals surface area contributed by atoms with Crippen LogP contribution in [0.15, 0.2) is 29.6 Å². The Hall–Kier alpha value is -3.72. The van der Waals surface area contributed by atoms with E-state index in [9.17, 15) is 17.2 Å². The quantitative estimate of drug-likeness (QED) is 0.334. The fourth-order valence-corrected chi connectivity index (χ4v) is 4.58. The average Bonchev–Trinajstić information content (AvgIpc) is 3.43. The topological polar surface area (TPSA) is 146 Å². The number of benzene rings is 1. The minimum atomic E-state index is -4.26. The van der Waals surface area contributed by atoms with Crippen LogP contribution in [0, 0.1) is 0 Å². The summed E-state index contributed by atoms with van der Waals surface area (Å²) in [6, 6.07) is 3.05. The van der Waals surface area contributed by atoms with Crippen molar-refractivity contribution in [1.29, 1.82) is 0 Å². The van der Waals surface area contributed by atoms with Gasteiger partial charge in [0.15, 0.2) is 5.82 Å². The third-order valence-corrected chi connectivity index (χ3v) is 6.33. The highest BCUT2D eigenvalue weighted by molar-refractivity contribution is 7.93. The lowest BCUT2D eigenvalue weighted by molar-refractivity contribution is 0.0781. The van der Waals surface area contributed by atoms with E-state index in [1.54, 1.807) is 7.05 Å². The average molecular weight is 530 g/mol. The Kier molecular flexibility index (Phi) is 6.62. The number of aryl methyl sites for hydroxylation is 1. The zero-order chi connectivity index (χ0) is 25.3. The predicted molar refractivity (Wildman–Crippen MR) is 121 cm³/mol. The van der Waals surface area contributed by atoms with Gasteiger partial charge < -0.3 is 19.2 Å². The first-order valence-corrected chi connectivity index (χ1v) is 11.6. The maximum absolute atomic E-state index is 13.2. The van der Waals surface area contributed by atoms with Gasteiger partial charge in [-0.05, 0) is 12.1 Å². The Morgan fingerprint density at radius 3 is 2.46 bits per heavy atom. The van der Waals surface area contributed by atoms with Crippen LogP contribution in [0.2, 0.25) is 5.02 Å². The second-order valence-corrected chi connectivity index (χ2v) is 9.00. The molecule has 0 aliphatic heterocycles. The van der Waals surface area contributed by atoms with E-state index < -0.39 is 29.0 Å². The van der Waals surface area contributed by atoms with Gasteiger partial charge >= 0.3 is 0 Å². The summed E-state index contributed by atoms with van der Waals surface area (Å²) in [5.74, 6) is -1.03. The molecule has 0 atom stereocenters. The van der Waals surface area contributed by atoms with Gasteiger partial charge in [0.25, 0.3) is 28.2 Å². The number of aromatic amines is 1. The Balaban J connectivity index is 1.74. The number of rotatable bonds is 9. The van der Waals surface area contributed by atoms with Gasteiger partial charge in [-0.2, -0.15) is 15.1 Å². The van der Waals surface area contributed by atoms with Gasteiger partial charge in [-0.1, -0.05) is 11.6 Å². The van der Waals surface area contributed by atoms with Gasteiger partial charge in [0.05, 0.1) is 30.3 Å². The monoisotopic (exact) mass is 529 g/mol. The molecule has 0 bridgehead atoms. The van der Waals surface area contributed by atoms with Crippen molar-refractivity contribution < 1.29 is 31.4 Å². The van der Waals surface area contributed by atoms with Crippen molar-refractivity contribution in [1.82, 2.24) is 29.7 Å². The van der Waals surface area contributed by atoms with Crippen molar-refractivity contribution in [2.45, 2.75) is 11.3 Å². The summed E-state index contributed by atoms with van der Waals surface area (Å²) < 4.78 is 70.4. The molecule has 2 N–H and O–H groups in total. The summed E-state index contributed by atoms with van der Waals surface area (Å²) in [5, 5.41) is 4.86. The van der Waals surface area contributed by atoms with Crippen molar-refractivity contribution in [2.24, 2.45) is 7.05 Å². The number of alkyl halides is 2. The maximum Gasteiger partial charge on any atom is 0.272 e. The first kappa shape index (κ1) is 24.4. The molecule has 12 nitrogen and oxygen atoms in total. The highest BCUT2D eigenvalue weighted by atomic mass is 35.5. The zero-order valence-corrected chi connectivity index (χ0v) is 20.0. The summed E-state index contributed by atoms with van der Waals surface area (Å²) in [7, 11) is -0.173. The fraction of sp³-hybridized carbons (Fsp3) is 0.263. The van der Waals surface area contributed by atoms with Crippen LogP contribution in [0.1, 0.15) is 0 Å². The zero-order valence-electron chi connectivity index (χ0n) is 18.4. The third-order valence-electron chi connectivity index (χ3n) is 4.65. The van der Waals surface area contributed by atoms with Crippen LogP contribution in [0.5, 0.6) is 17.5 Å². The second-order valence-electron chi connectivity index (χ2n) is 6.94. The van der Waals surface area contributed by atoms with Crippen LogP contribution in [-0.4, -0.2) is 65.4 Å². The molecular formula is C19H18ClF2N7O5S. The minimum Gasteiger partial charge on any atom is -0.478 e. The van der Waals surface area contributed by atoms with Gasteiger partial charge in [0.2, 0.25) is 11.7 Å². The number of H-pyrrole nitrogens is 1. The highest BCUT2D eigenvalue weighted by Crippen LogP contribution is 2.38. The Morgan fingerprint density at radius 2 is 1.89 bits per heavy atom. The Bertz CT molecular complexity index is 1470. The van der Waals surface area contributed by atoms with Gasteiger partial charge in [-0.15, -0.1) is 0 Å². The molecule has 0 unspecified atom stereocenters. The van der Waals surface area contributed by atoms with Crippen molar-refractivity contribution in [3.05, 3.63) is 29.7 Å². The van der Waals surface area contributed by atoms with E-state index in [0.717, 1.165) is 0 Å². The molecule has 0 spiro atoms. The molecule has 4 aromatic rings. The largest absolute Gasteiger partial charge is 0.478 e. The smallest absolute Gasteiger partial charge is 0.272 e. The van der Waals surface area contributed by atoms with E-state index in [0.29, 0.717) is 27.3 Å². The lowest BCUT2D eigenvalue weighted by Crippen LogP contribution is -2.16. The summed E-state index contributed by atoms with van der Waals surface area (Å²) >= 11 is 6.35. The molecule has 186 valence electrons. The Morgan fingerprint density at radius 1 is 1.20 bits per heavy atom. The minimum absolute atomic E-state index is 0.138. The van der Waals surface area contributed by atoms with E-state index in [4.69, 9.17) is 25.8 Å². The van der Waals surface area contributed by atoms with Gasteiger partial charge in [-0.25, -0.2) is 26.9 Å². The predicted octanol–water partition coefficient (Wildman–Crippen LogP) is 2.87. The van der Waals surface area contributed by atoms with Gasteiger partial charge in [0, 0.05) is 18.6 Å². The Labute approximate surface area is 202 Å². The molecule has 0 fully saturated rings. The number of nitrogens with one attached hydrogen (secondary N) is 2. The molecule has 0 aliphatic carbocycles. The molecule has 0 radical (unpaired) electrons. The van der Waals surface area contributed by atoms with Gasteiger partial charge in [-0.3, -0.25) is 4.68 Å². The van der Waals surface area contributed by atoms with Crippen molar-refractivity contribution in [2.75, 3.05) is 25.5 Å². The van der Waals surface area contributed by atoms with Gasteiger partial charge in [0.1, 0.15) is 17.8 Å². The van der Waals surface area contributed by atoms with Crippen LogP contribution in [0.4, 0.5) is 14.7 Å². The standard InChI is InChI=1S/C19H18ClF2N7O5S/c1-29-8-24-16(27-29)13-10(20)5-4-9-11(6-23-14(9)13)35(30,31)28-19-25-17(32-2)15(18(26-19)33-3)34-7-12(21)22/h4-6,8,12,23H,7H2,1-3H3,(H,25,26,28). The number of hydrogen-bond donors (Lipinski definition) is 2. The summed E-state index contributed by atoms with van der Waals surface area (Å²) in [6.07, 6.45) is -0.0202. The molecule has 3 heterocycles. The van der Waals surface area contributed by atoms with Crippen molar-refractivity contribution in [3.63, 3.8) is 0 Å². The number of fused-ring (bicyclic) bond motifs is 1. The maximum atomic E-state index is 13.2.